The lowest BCUT2D eigenvalue weighted by molar-refractivity contribution is -0.384. The molecule has 0 aliphatic carbocycles. The highest BCUT2D eigenvalue weighted by atomic mass is 32.1. The molecule has 0 fully saturated rings. The molecule has 4 rings (SSSR count). The van der Waals surface area contributed by atoms with Crippen LogP contribution in [0.2, 0.25) is 0 Å². The molecule has 1 aliphatic rings. The number of aromatic nitrogens is 1. The summed E-state index contributed by atoms with van der Waals surface area (Å²) in [4.78, 5) is 26.0. The predicted octanol–water partition coefficient (Wildman–Crippen LogP) is 4.24. The summed E-state index contributed by atoms with van der Waals surface area (Å²) in [5.74, 6) is 0.392. The van der Waals surface area contributed by atoms with E-state index >= 15 is 0 Å². The molecule has 2 N–H and O–H groups in total. The third kappa shape index (κ3) is 4.08. The van der Waals surface area contributed by atoms with Gasteiger partial charge in [-0.05, 0) is 43.8 Å². The Labute approximate surface area is 188 Å². The molecule has 0 unspecified atom stereocenters. The number of para-hydroxylation sites is 1. The zero-order valence-electron chi connectivity index (χ0n) is 17.2. The number of anilines is 2. The lowest BCUT2D eigenvalue weighted by atomic mass is 9.93. The maximum absolute atomic E-state index is 13.4. The number of nitro groups is 1. The molecule has 0 saturated heterocycles. The molecule has 2 heterocycles. The fourth-order valence-electron chi connectivity index (χ4n) is 3.60. The molecular weight excluding hydrogens is 430 g/mol. The van der Waals surface area contributed by atoms with Gasteiger partial charge < -0.3 is 15.2 Å². The van der Waals surface area contributed by atoms with Crippen LogP contribution in [0.4, 0.5) is 17.2 Å². The van der Waals surface area contributed by atoms with E-state index in [1.807, 2.05) is 30.3 Å². The molecular formula is C22H19N5O4S. The van der Waals surface area contributed by atoms with E-state index in [2.05, 4.69) is 15.8 Å². The van der Waals surface area contributed by atoms with E-state index in [1.165, 1.54) is 12.1 Å². The first-order chi connectivity index (χ1) is 15.3. The van der Waals surface area contributed by atoms with Crippen LogP contribution >= 0.6 is 12.2 Å². The number of nitro benzene ring substituents is 1. The van der Waals surface area contributed by atoms with E-state index in [9.17, 15) is 14.9 Å². The van der Waals surface area contributed by atoms with Crippen LogP contribution < -0.4 is 15.5 Å². The summed E-state index contributed by atoms with van der Waals surface area (Å²) in [6.07, 6.45) is 0. The number of non-ortho nitro benzene ring substituents is 1. The highest BCUT2D eigenvalue weighted by molar-refractivity contribution is 7.80. The third-order valence-electron chi connectivity index (χ3n) is 5.03. The number of allylic oxidation sites excluding steroid dienone is 1. The number of hydrogen-bond donors (Lipinski definition) is 2. The summed E-state index contributed by atoms with van der Waals surface area (Å²) in [5.41, 5.74) is 2.18. The summed E-state index contributed by atoms with van der Waals surface area (Å²) >= 11 is 5.61. The van der Waals surface area contributed by atoms with Crippen molar-refractivity contribution >= 4 is 40.4 Å². The Hall–Kier alpha value is -4.05. The average molecular weight is 449 g/mol. The highest BCUT2D eigenvalue weighted by Gasteiger charge is 2.35. The Kier molecular flexibility index (Phi) is 5.69. The average Bonchev–Trinajstić information content (AvgIpc) is 3.18. The van der Waals surface area contributed by atoms with Gasteiger partial charge in [-0.15, -0.1) is 0 Å². The second-order valence-corrected chi connectivity index (χ2v) is 7.57. The van der Waals surface area contributed by atoms with Gasteiger partial charge in [-0.3, -0.25) is 19.8 Å². The molecule has 10 heteroatoms. The SMILES string of the molecule is CC1=C(C(=O)Nc2cc(C)on2)[C@H](c2cccc([N+](=O)[O-])c2)NC(=S)N1c1ccccc1. The molecule has 1 atom stereocenters. The molecule has 1 amide bonds. The minimum Gasteiger partial charge on any atom is -0.360 e. The molecule has 0 bridgehead atoms. The summed E-state index contributed by atoms with van der Waals surface area (Å²) in [6, 6.07) is 16.4. The van der Waals surface area contributed by atoms with Crippen LogP contribution in [0.5, 0.6) is 0 Å². The van der Waals surface area contributed by atoms with Crippen molar-refractivity contribution in [2.45, 2.75) is 19.9 Å². The van der Waals surface area contributed by atoms with Crippen molar-refractivity contribution in [3.8, 4) is 0 Å². The second kappa shape index (κ2) is 8.60. The summed E-state index contributed by atoms with van der Waals surface area (Å²) in [6.45, 7) is 3.50. The van der Waals surface area contributed by atoms with Gasteiger partial charge in [-0.1, -0.05) is 35.5 Å². The molecule has 0 radical (unpaired) electrons. The van der Waals surface area contributed by atoms with E-state index in [0.717, 1.165) is 5.69 Å². The number of amides is 1. The van der Waals surface area contributed by atoms with Crippen LogP contribution in [0.15, 0.2) is 76.5 Å². The molecule has 1 aliphatic heterocycles. The predicted molar refractivity (Wildman–Crippen MR) is 123 cm³/mol. The van der Waals surface area contributed by atoms with E-state index in [0.29, 0.717) is 27.7 Å². The molecule has 0 spiro atoms. The van der Waals surface area contributed by atoms with Gasteiger partial charge in [0.05, 0.1) is 16.5 Å². The van der Waals surface area contributed by atoms with Crippen LogP contribution in [-0.4, -0.2) is 21.1 Å². The Bertz CT molecular complexity index is 1240. The fourth-order valence-corrected chi connectivity index (χ4v) is 3.96. The van der Waals surface area contributed by atoms with E-state index in [1.54, 1.807) is 36.9 Å². The Morgan fingerprint density at radius 3 is 2.59 bits per heavy atom. The van der Waals surface area contributed by atoms with Gasteiger partial charge >= 0.3 is 0 Å². The standard InChI is InChI=1S/C22H19N5O4S/c1-13-11-18(25-31-13)23-21(28)19-14(2)26(16-8-4-3-5-9-16)22(32)24-20(19)15-7-6-10-17(12-15)27(29)30/h3-12,20H,1-2H3,(H,24,32)(H,23,25,28)/t20-/m0/s1. The summed E-state index contributed by atoms with van der Waals surface area (Å²) in [7, 11) is 0. The van der Waals surface area contributed by atoms with Gasteiger partial charge in [-0.25, -0.2) is 0 Å². The quantitative estimate of drug-likeness (QED) is 0.338. The summed E-state index contributed by atoms with van der Waals surface area (Å²) < 4.78 is 5.04. The first kappa shape index (κ1) is 21.2. The first-order valence-electron chi connectivity index (χ1n) is 9.70. The zero-order valence-corrected chi connectivity index (χ0v) is 18.1. The van der Waals surface area contributed by atoms with E-state index in [-0.39, 0.29) is 11.5 Å². The second-order valence-electron chi connectivity index (χ2n) is 7.18. The van der Waals surface area contributed by atoms with Crippen LogP contribution in [0.1, 0.15) is 24.3 Å². The van der Waals surface area contributed by atoms with Crippen molar-refractivity contribution in [3.63, 3.8) is 0 Å². The number of aryl methyl sites for hydroxylation is 1. The van der Waals surface area contributed by atoms with Gasteiger partial charge in [0, 0.05) is 29.6 Å². The van der Waals surface area contributed by atoms with Crippen molar-refractivity contribution in [1.29, 1.82) is 0 Å². The van der Waals surface area contributed by atoms with Crippen LogP contribution in [0.3, 0.4) is 0 Å². The molecule has 162 valence electrons. The maximum atomic E-state index is 13.4. The third-order valence-corrected chi connectivity index (χ3v) is 5.33. The molecule has 9 nitrogen and oxygen atoms in total. The topological polar surface area (TPSA) is 114 Å². The smallest absolute Gasteiger partial charge is 0.269 e. The van der Waals surface area contributed by atoms with Crippen molar-refractivity contribution in [2.75, 3.05) is 10.2 Å². The lowest BCUT2D eigenvalue weighted by Crippen LogP contribution is -2.48. The van der Waals surface area contributed by atoms with E-state index in [4.69, 9.17) is 16.7 Å². The van der Waals surface area contributed by atoms with Gasteiger partial charge in [0.1, 0.15) is 5.76 Å². The Balaban J connectivity index is 1.82. The number of benzene rings is 2. The van der Waals surface area contributed by atoms with Crippen molar-refractivity contribution in [1.82, 2.24) is 10.5 Å². The van der Waals surface area contributed by atoms with Crippen molar-refractivity contribution in [3.05, 3.63) is 93.4 Å². The molecule has 3 aromatic rings. The van der Waals surface area contributed by atoms with Gasteiger partial charge in [0.15, 0.2) is 10.9 Å². The zero-order chi connectivity index (χ0) is 22.8. The normalized spacial score (nSPS) is 16.0. The Morgan fingerprint density at radius 1 is 1.19 bits per heavy atom. The first-order valence-corrected chi connectivity index (χ1v) is 10.1. The molecule has 0 saturated carbocycles. The van der Waals surface area contributed by atoms with Crippen molar-refractivity contribution < 1.29 is 14.2 Å². The fraction of sp³-hybridized carbons (Fsp3) is 0.136. The number of hydrogen-bond acceptors (Lipinski definition) is 6. The molecule has 2 aromatic carbocycles. The molecule has 32 heavy (non-hydrogen) atoms. The Morgan fingerprint density at radius 2 is 1.94 bits per heavy atom. The molecule has 1 aromatic heterocycles. The number of rotatable bonds is 5. The summed E-state index contributed by atoms with van der Waals surface area (Å²) in [5, 5.41) is 21.4. The minimum absolute atomic E-state index is 0.0785. The monoisotopic (exact) mass is 449 g/mol. The number of nitrogens with one attached hydrogen (secondary N) is 2. The van der Waals surface area contributed by atoms with Crippen molar-refractivity contribution in [2.24, 2.45) is 0 Å². The van der Waals surface area contributed by atoms with Gasteiger partial charge in [0.25, 0.3) is 11.6 Å². The minimum atomic E-state index is -0.699. The number of carbonyl (C=O) groups excluding carboxylic acids is 1. The van der Waals surface area contributed by atoms with Gasteiger partial charge in [-0.2, -0.15) is 0 Å². The largest absolute Gasteiger partial charge is 0.360 e. The van der Waals surface area contributed by atoms with Crippen LogP contribution in [-0.2, 0) is 4.79 Å². The van der Waals surface area contributed by atoms with Gasteiger partial charge in [0.2, 0.25) is 0 Å². The number of thiocarbonyl (C=S) groups is 1. The van der Waals surface area contributed by atoms with E-state index < -0.39 is 16.9 Å². The van der Waals surface area contributed by atoms with Crippen LogP contribution in [0.25, 0.3) is 0 Å². The highest BCUT2D eigenvalue weighted by Crippen LogP contribution is 2.35. The number of nitrogens with zero attached hydrogens (tertiary/aromatic N) is 3. The number of carbonyl (C=O) groups is 1. The lowest BCUT2D eigenvalue weighted by Gasteiger charge is -2.37. The van der Waals surface area contributed by atoms with Crippen LogP contribution in [0, 0.1) is 17.0 Å². The maximum Gasteiger partial charge on any atom is 0.269 e.